The van der Waals surface area contributed by atoms with Gasteiger partial charge in [-0.2, -0.15) is 0 Å². The number of aromatic nitrogens is 1. The van der Waals surface area contributed by atoms with E-state index >= 15 is 0 Å². The second-order valence-corrected chi connectivity index (χ2v) is 10.2. The molecule has 36 heavy (non-hydrogen) atoms. The van der Waals surface area contributed by atoms with Crippen molar-refractivity contribution in [3.63, 3.8) is 0 Å². The van der Waals surface area contributed by atoms with Crippen LogP contribution in [0.5, 0.6) is 0 Å². The molecular formula is C27H25F2N3O3S. The molecule has 6 nitrogen and oxygen atoms in total. The number of thiazole rings is 1. The van der Waals surface area contributed by atoms with Crippen LogP contribution in [0.25, 0.3) is 21.4 Å². The topological polar surface area (TPSA) is 75.4 Å². The summed E-state index contributed by atoms with van der Waals surface area (Å²) in [4.78, 5) is 32.9. The minimum absolute atomic E-state index is 0.0532. The number of fused-ring (bicyclic) bond motifs is 1. The van der Waals surface area contributed by atoms with Crippen molar-refractivity contribution in [2.45, 2.75) is 38.7 Å². The molecule has 1 saturated heterocycles. The molecule has 1 fully saturated rings. The Kier molecular flexibility index (Phi) is 6.34. The molecule has 4 aromatic rings. The van der Waals surface area contributed by atoms with E-state index in [4.69, 9.17) is 4.42 Å². The third kappa shape index (κ3) is 4.75. The molecule has 9 heteroatoms. The predicted molar refractivity (Wildman–Crippen MR) is 135 cm³/mol. The number of hydrogen-bond acceptors (Lipinski definition) is 5. The molecule has 0 bridgehead atoms. The molecule has 2 amide bonds. The van der Waals surface area contributed by atoms with Gasteiger partial charge in [-0.25, -0.2) is 13.8 Å². The van der Waals surface area contributed by atoms with E-state index in [9.17, 15) is 18.4 Å². The minimum atomic E-state index is -3.01. The number of aryl methyl sites for hydroxylation is 2. The Bertz CT molecular complexity index is 1430. The second-order valence-electron chi connectivity index (χ2n) is 9.04. The summed E-state index contributed by atoms with van der Waals surface area (Å²) in [6, 6.07) is 15.7. The first kappa shape index (κ1) is 24.1. The maximum absolute atomic E-state index is 14.5. The lowest BCUT2D eigenvalue weighted by Crippen LogP contribution is -2.55. The van der Waals surface area contributed by atoms with Gasteiger partial charge >= 0.3 is 0 Å². The second kappa shape index (κ2) is 9.46. The number of likely N-dealkylation sites (tertiary alicyclic amines) is 1. The molecule has 1 aliphatic rings. The van der Waals surface area contributed by atoms with E-state index in [1.165, 1.54) is 16.2 Å². The van der Waals surface area contributed by atoms with Crippen molar-refractivity contribution in [3.8, 4) is 10.4 Å². The third-order valence-corrected chi connectivity index (χ3v) is 7.37. The van der Waals surface area contributed by atoms with E-state index in [2.05, 4.69) is 10.3 Å². The molecule has 0 aliphatic carbocycles. The Hall–Kier alpha value is -3.59. The molecule has 1 aliphatic heterocycles. The SMILES string of the molecule is Cc1cc2c(C(=O)NCC3CCC(F)(F)CN3C(=O)c3nc(C)sc3-c3ccccc3)cccc2o1. The summed E-state index contributed by atoms with van der Waals surface area (Å²) in [6.45, 7) is 2.93. The molecule has 0 spiro atoms. The van der Waals surface area contributed by atoms with Crippen molar-refractivity contribution in [3.05, 3.63) is 76.6 Å². The summed E-state index contributed by atoms with van der Waals surface area (Å²) >= 11 is 1.35. The maximum Gasteiger partial charge on any atom is 0.274 e. The van der Waals surface area contributed by atoms with E-state index in [1.54, 1.807) is 38.1 Å². The summed E-state index contributed by atoms with van der Waals surface area (Å²) < 4.78 is 34.5. The predicted octanol–water partition coefficient (Wildman–Crippen LogP) is 5.84. The highest BCUT2D eigenvalue weighted by atomic mass is 32.1. The van der Waals surface area contributed by atoms with Gasteiger partial charge in [0.25, 0.3) is 17.7 Å². The van der Waals surface area contributed by atoms with Crippen LogP contribution in [0.1, 0.15) is 44.5 Å². The van der Waals surface area contributed by atoms with Gasteiger partial charge in [-0.15, -0.1) is 11.3 Å². The van der Waals surface area contributed by atoms with Crippen LogP contribution in [0.15, 0.2) is 59.0 Å². The van der Waals surface area contributed by atoms with E-state index in [-0.39, 0.29) is 31.0 Å². The van der Waals surface area contributed by atoms with Crippen molar-refractivity contribution in [2.24, 2.45) is 0 Å². The number of hydrogen-bond donors (Lipinski definition) is 1. The molecule has 1 unspecified atom stereocenters. The molecular weight excluding hydrogens is 484 g/mol. The van der Waals surface area contributed by atoms with Crippen molar-refractivity contribution >= 4 is 34.1 Å². The zero-order valence-corrected chi connectivity index (χ0v) is 20.7. The Morgan fingerprint density at radius 2 is 1.94 bits per heavy atom. The fraction of sp³-hybridized carbons (Fsp3) is 0.296. The first-order valence-electron chi connectivity index (χ1n) is 11.7. The average molecular weight is 510 g/mol. The Labute approximate surface area is 210 Å². The number of carbonyl (C=O) groups excluding carboxylic acids is 2. The smallest absolute Gasteiger partial charge is 0.274 e. The number of amides is 2. The van der Waals surface area contributed by atoms with Crippen LogP contribution in [-0.4, -0.2) is 46.8 Å². The monoisotopic (exact) mass is 509 g/mol. The van der Waals surface area contributed by atoms with E-state index in [0.717, 1.165) is 5.56 Å². The fourth-order valence-corrected chi connectivity index (χ4v) is 5.54. The molecule has 1 N–H and O–H groups in total. The first-order chi connectivity index (χ1) is 17.2. The van der Waals surface area contributed by atoms with Crippen LogP contribution in [0.3, 0.4) is 0 Å². The lowest BCUT2D eigenvalue weighted by Gasteiger charge is -2.39. The molecule has 0 saturated carbocycles. The number of nitrogens with zero attached hydrogens (tertiary/aromatic N) is 2. The maximum atomic E-state index is 14.5. The van der Waals surface area contributed by atoms with Gasteiger partial charge in [0, 0.05) is 24.4 Å². The van der Waals surface area contributed by atoms with Crippen molar-refractivity contribution in [2.75, 3.05) is 13.1 Å². The largest absolute Gasteiger partial charge is 0.461 e. The summed E-state index contributed by atoms with van der Waals surface area (Å²) in [5.41, 5.74) is 2.01. The minimum Gasteiger partial charge on any atom is -0.461 e. The van der Waals surface area contributed by atoms with Crippen LogP contribution < -0.4 is 5.32 Å². The van der Waals surface area contributed by atoms with Gasteiger partial charge in [0.2, 0.25) is 0 Å². The lowest BCUT2D eigenvalue weighted by atomic mass is 9.98. The Morgan fingerprint density at radius 1 is 1.17 bits per heavy atom. The first-order valence-corrected chi connectivity index (χ1v) is 12.5. The molecule has 2 aromatic carbocycles. The number of benzene rings is 2. The molecule has 186 valence electrons. The van der Waals surface area contributed by atoms with E-state index in [0.29, 0.717) is 32.2 Å². The molecule has 2 aromatic heterocycles. The van der Waals surface area contributed by atoms with Gasteiger partial charge < -0.3 is 14.6 Å². The number of halogens is 2. The van der Waals surface area contributed by atoms with Crippen LogP contribution in [0.4, 0.5) is 8.78 Å². The summed E-state index contributed by atoms with van der Waals surface area (Å²) in [5, 5.41) is 4.20. The highest BCUT2D eigenvalue weighted by Crippen LogP contribution is 2.35. The van der Waals surface area contributed by atoms with Gasteiger partial charge in [-0.3, -0.25) is 9.59 Å². The number of nitrogens with one attached hydrogen (secondary N) is 1. The fourth-order valence-electron chi connectivity index (χ4n) is 4.63. The number of furan rings is 1. The van der Waals surface area contributed by atoms with E-state index in [1.807, 2.05) is 30.3 Å². The number of rotatable bonds is 5. The molecule has 1 atom stereocenters. The van der Waals surface area contributed by atoms with Crippen LogP contribution in [0.2, 0.25) is 0 Å². The van der Waals surface area contributed by atoms with Gasteiger partial charge in [-0.1, -0.05) is 36.4 Å². The highest BCUT2D eigenvalue weighted by Gasteiger charge is 2.43. The van der Waals surface area contributed by atoms with E-state index < -0.39 is 24.4 Å². The van der Waals surface area contributed by atoms with Crippen molar-refractivity contribution < 1.29 is 22.8 Å². The lowest BCUT2D eigenvalue weighted by molar-refractivity contribution is -0.0714. The van der Waals surface area contributed by atoms with Crippen molar-refractivity contribution in [1.29, 1.82) is 0 Å². The van der Waals surface area contributed by atoms with Crippen LogP contribution in [0, 0.1) is 13.8 Å². The molecule has 3 heterocycles. The summed E-state index contributed by atoms with van der Waals surface area (Å²) in [6.07, 6.45) is -0.284. The summed E-state index contributed by atoms with van der Waals surface area (Å²) in [5.74, 6) is -3.22. The highest BCUT2D eigenvalue weighted by molar-refractivity contribution is 7.15. The quantitative estimate of drug-likeness (QED) is 0.367. The van der Waals surface area contributed by atoms with Gasteiger partial charge in [0.05, 0.1) is 22.0 Å². The average Bonchev–Trinajstić information content (AvgIpc) is 3.44. The Morgan fingerprint density at radius 3 is 2.72 bits per heavy atom. The van der Waals surface area contributed by atoms with Crippen LogP contribution in [-0.2, 0) is 0 Å². The number of carbonyl (C=O) groups is 2. The van der Waals surface area contributed by atoms with Gasteiger partial charge in [0.1, 0.15) is 17.0 Å². The normalized spacial score (nSPS) is 17.3. The summed E-state index contributed by atoms with van der Waals surface area (Å²) in [7, 11) is 0. The zero-order chi connectivity index (χ0) is 25.4. The molecule has 5 rings (SSSR count). The number of piperidine rings is 1. The Balaban J connectivity index is 1.39. The van der Waals surface area contributed by atoms with Crippen LogP contribution >= 0.6 is 11.3 Å². The van der Waals surface area contributed by atoms with Crippen molar-refractivity contribution in [1.82, 2.24) is 15.2 Å². The standard InChI is InChI=1S/C27H25F2N3O3S/c1-16-13-21-20(9-6-10-22(21)35-16)25(33)30-14-19-11-12-27(28,29)15-32(19)26(34)23-24(36-17(2)31-23)18-7-4-3-5-8-18/h3-10,13,19H,11-12,14-15H2,1-2H3,(H,30,33). The molecule has 0 radical (unpaired) electrons. The number of alkyl halides is 2. The third-order valence-electron chi connectivity index (χ3n) is 6.35. The van der Waals surface area contributed by atoms with Gasteiger partial charge in [-0.05, 0) is 44.0 Å². The zero-order valence-electron chi connectivity index (χ0n) is 19.9. The van der Waals surface area contributed by atoms with Gasteiger partial charge in [0.15, 0.2) is 0 Å².